The number of nitrogens with zero attached hydrogens (tertiary/aromatic N) is 3. The molecule has 7 heteroatoms. The molecule has 0 aliphatic rings. The van der Waals surface area contributed by atoms with Crippen LogP contribution in [0.4, 0.5) is 0 Å². The van der Waals surface area contributed by atoms with E-state index >= 15 is 0 Å². The van der Waals surface area contributed by atoms with Crippen molar-refractivity contribution in [3.8, 4) is 0 Å². The van der Waals surface area contributed by atoms with Crippen LogP contribution in [-0.2, 0) is 17.8 Å². The number of carboxylic acid groups (broad SMARTS) is 1. The first-order valence-electron chi connectivity index (χ1n) is 7.44. The molecule has 1 heterocycles. The van der Waals surface area contributed by atoms with Crippen molar-refractivity contribution in [1.29, 1.82) is 0 Å². The van der Waals surface area contributed by atoms with Crippen LogP contribution in [0, 0.1) is 0 Å². The third kappa shape index (κ3) is 5.17. The molecule has 0 radical (unpaired) electrons. The fraction of sp³-hybridized carbons (Fsp3) is 0.714. The number of carbonyl (C=O) groups excluding carboxylic acids is 1. The van der Waals surface area contributed by atoms with Gasteiger partial charge in [-0.1, -0.05) is 38.3 Å². The van der Waals surface area contributed by atoms with E-state index in [-0.39, 0.29) is 24.2 Å². The first kappa shape index (κ1) is 17.1. The van der Waals surface area contributed by atoms with E-state index in [4.69, 9.17) is 5.11 Å². The Kier molecular flexibility index (Phi) is 6.84. The number of carbonyl (C=O) groups is 2. The molecule has 0 saturated carbocycles. The molecular formula is C14H24N4O3. The molecule has 1 unspecified atom stereocenters. The van der Waals surface area contributed by atoms with Crippen LogP contribution in [0.2, 0.25) is 0 Å². The Labute approximate surface area is 124 Å². The number of unbranched alkanes of at least 4 members (excludes halogenated alkanes) is 2. The summed E-state index contributed by atoms with van der Waals surface area (Å²) in [4.78, 5) is 22.9. The molecule has 2 N–H and O–H groups in total. The molecule has 0 spiro atoms. The number of rotatable bonds is 9. The minimum Gasteiger partial charge on any atom is -0.476 e. The highest BCUT2D eigenvalue weighted by Crippen LogP contribution is 2.07. The summed E-state index contributed by atoms with van der Waals surface area (Å²) in [5.74, 6) is -1.29. The molecule has 0 saturated heterocycles. The summed E-state index contributed by atoms with van der Waals surface area (Å²) in [6.07, 6.45) is 4.80. The van der Waals surface area contributed by atoms with Crippen molar-refractivity contribution in [3.63, 3.8) is 0 Å². The van der Waals surface area contributed by atoms with E-state index < -0.39 is 5.97 Å². The van der Waals surface area contributed by atoms with E-state index in [2.05, 4.69) is 22.6 Å². The Morgan fingerprint density at radius 3 is 2.62 bits per heavy atom. The van der Waals surface area contributed by atoms with Gasteiger partial charge >= 0.3 is 5.97 Å². The van der Waals surface area contributed by atoms with E-state index in [1.54, 1.807) is 0 Å². The number of aromatic nitrogens is 3. The van der Waals surface area contributed by atoms with E-state index in [1.807, 2.05) is 13.8 Å². The zero-order chi connectivity index (χ0) is 15.8. The van der Waals surface area contributed by atoms with Gasteiger partial charge in [0, 0.05) is 6.04 Å². The van der Waals surface area contributed by atoms with Crippen molar-refractivity contribution in [2.75, 3.05) is 0 Å². The predicted octanol–water partition coefficient (Wildman–Crippen LogP) is 1.62. The maximum atomic E-state index is 12.0. The third-order valence-electron chi connectivity index (χ3n) is 3.32. The molecule has 1 rings (SSSR count). The summed E-state index contributed by atoms with van der Waals surface area (Å²) in [5.41, 5.74) is 0.387. The molecule has 1 atom stereocenters. The average molecular weight is 296 g/mol. The molecule has 0 aliphatic carbocycles. The molecule has 0 aliphatic heterocycles. The number of aromatic carboxylic acids is 1. The average Bonchev–Trinajstić information content (AvgIpc) is 2.81. The molecule has 21 heavy (non-hydrogen) atoms. The first-order chi connectivity index (χ1) is 9.99. The van der Waals surface area contributed by atoms with Gasteiger partial charge < -0.3 is 10.4 Å². The maximum absolute atomic E-state index is 12.0. The summed E-state index contributed by atoms with van der Waals surface area (Å²) in [7, 11) is 0. The topological polar surface area (TPSA) is 97.1 Å². The van der Waals surface area contributed by atoms with Crippen molar-refractivity contribution >= 4 is 11.9 Å². The monoisotopic (exact) mass is 296 g/mol. The van der Waals surface area contributed by atoms with Gasteiger partial charge in [-0.05, 0) is 19.8 Å². The summed E-state index contributed by atoms with van der Waals surface area (Å²) in [6, 6.07) is 0.108. The second kappa shape index (κ2) is 8.39. The Morgan fingerprint density at radius 2 is 2.05 bits per heavy atom. The van der Waals surface area contributed by atoms with Crippen LogP contribution >= 0.6 is 0 Å². The highest BCUT2D eigenvalue weighted by atomic mass is 16.4. The zero-order valence-corrected chi connectivity index (χ0v) is 12.9. The molecule has 0 aromatic carbocycles. The minimum absolute atomic E-state index is 0.00156. The first-order valence-corrected chi connectivity index (χ1v) is 7.44. The van der Waals surface area contributed by atoms with Gasteiger partial charge in [0.2, 0.25) is 5.91 Å². The predicted molar refractivity (Wildman–Crippen MR) is 78.1 cm³/mol. The standard InChI is InChI=1S/C14H24N4O3/c1-4-6-7-8-10(3)15-12(19)9-18-11(5-2)13(14(20)21)16-17-18/h10H,4-9H2,1-3H3,(H,15,19)(H,20,21). The maximum Gasteiger partial charge on any atom is 0.358 e. The molecule has 1 amide bonds. The Balaban J connectivity index is 2.57. The number of nitrogens with one attached hydrogen (secondary N) is 1. The summed E-state index contributed by atoms with van der Waals surface area (Å²) in [5, 5.41) is 19.3. The van der Waals surface area contributed by atoms with Gasteiger partial charge in [-0.15, -0.1) is 5.10 Å². The van der Waals surface area contributed by atoms with E-state index in [1.165, 1.54) is 4.68 Å². The third-order valence-corrected chi connectivity index (χ3v) is 3.32. The van der Waals surface area contributed by atoms with Crippen LogP contribution in [0.5, 0.6) is 0 Å². The van der Waals surface area contributed by atoms with Crippen molar-refractivity contribution in [2.24, 2.45) is 0 Å². The van der Waals surface area contributed by atoms with Crippen molar-refractivity contribution in [1.82, 2.24) is 20.3 Å². The fourth-order valence-corrected chi connectivity index (χ4v) is 2.21. The van der Waals surface area contributed by atoms with Gasteiger partial charge in [0.1, 0.15) is 6.54 Å². The summed E-state index contributed by atoms with van der Waals surface area (Å²) < 4.78 is 1.36. The van der Waals surface area contributed by atoms with Crippen LogP contribution in [0.1, 0.15) is 62.6 Å². The SMILES string of the molecule is CCCCCC(C)NC(=O)Cn1nnc(C(=O)O)c1CC. The molecule has 1 aromatic heterocycles. The normalized spacial score (nSPS) is 12.1. The lowest BCUT2D eigenvalue weighted by molar-refractivity contribution is -0.122. The Bertz CT molecular complexity index is 485. The van der Waals surface area contributed by atoms with Gasteiger partial charge in [0.25, 0.3) is 0 Å². The minimum atomic E-state index is -1.12. The molecular weight excluding hydrogens is 272 g/mol. The van der Waals surface area contributed by atoms with Crippen molar-refractivity contribution in [3.05, 3.63) is 11.4 Å². The lowest BCUT2D eigenvalue weighted by atomic mass is 10.1. The van der Waals surface area contributed by atoms with Gasteiger partial charge in [-0.25, -0.2) is 9.48 Å². The largest absolute Gasteiger partial charge is 0.476 e. The smallest absolute Gasteiger partial charge is 0.358 e. The number of carboxylic acids is 1. The molecule has 118 valence electrons. The lowest BCUT2D eigenvalue weighted by Crippen LogP contribution is -2.35. The van der Waals surface area contributed by atoms with E-state index in [0.29, 0.717) is 12.1 Å². The molecule has 0 bridgehead atoms. The van der Waals surface area contributed by atoms with Gasteiger partial charge in [0.05, 0.1) is 5.69 Å². The van der Waals surface area contributed by atoms with E-state index in [0.717, 1.165) is 25.7 Å². The number of amides is 1. The van der Waals surface area contributed by atoms with Gasteiger partial charge in [-0.3, -0.25) is 4.79 Å². The van der Waals surface area contributed by atoms with Crippen molar-refractivity contribution in [2.45, 2.75) is 65.5 Å². The van der Waals surface area contributed by atoms with Crippen LogP contribution < -0.4 is 5.32 Å². The Morgan fingerprint density at radius 1 is 1.33 bits per heavy atom. The summed E-state index contributed by atoms with van der Waals surface area (Å²) in [6.45, 7) is 5.92. The zero-order valence-electron chi connectivity index (χ0n) is 12.9. The lowest BCUT2D eigenvalue weighted by Gasteiger charge is -2.14. The van der Waals surface area contributed by atoms with Gasteiger partial charge in [-0.2, -0.15) is 0 Å². The van der Waals surface area contributed by atoms with Crippen LogP contribution in [-0.4, -0.2) is 38.0 Å². The second-order valence-corrected chi connectivity index (χ2v) is 5.17. The van der Waals surface area contributed by atoms with Crippen LogP contribution in [0.25, 0.3) is 0 Å². The van der Waals surface area contributed by atoms with E-state index in [9.17, 15) is 9.59 Å². The number of hydrogen-bond donors (Lipinski definition) is 2. The van der Waals surface area contributed by atoms with Crippen molar-refractivity contribution < 1.29 is 14.7 Å². The number of hydrogen-bond acceptors (Lipinski definition) is 4. The van der Waals surface area contributed by atoms with Gasteiger partial charge in [0.15, 0.2) is 5.69 Å². The molecule has 1 aromatic rings. The highest BCUT2D eigenvalue weighted by molar-refractivity contribution is 5.86. The summed E-state index contributed by atoms with van der Waals surface area (Å²) >= 11 is 0. The molecule has 0 fully saturated rings. The Hall–Kier alpha value is -1.92. The van der Waals surface area contributed by atoms with Crippen LogP contribution in [0.15, 0.2) is 0 Å². The highest BCUT2D eigenvalue weighted by Gasteiger charge is 2.19. The fourth-order valence-electron chi connectivity index (χ4n) is 2.21. The quantitative estimate of drug-likeness (QED) is 0.675. The van der Waals surface area contributed by atoms with Crippen LogP contribution in [0.3, 0.4) is 0 Å². The molecule has 7 nitrogen and oxygen atoms in total. The second-order valence-electron chi connectivity index (χ2n) is 5.17.